The molecule has 2 heterocycles. The molecular formula is C23H31N5O2. The molecule has 7 heteroatoms. The number of nitrogens with one attached hydrogen (secondary N) is 2. The molecule has 0 unspecified atom stereocenters. The maximum absolute atomic E-state index is 5.42. The van der Waals surface area contributed by atoms with Crippen LogP contribution in [0.5, 0.6) is 0 Å². The molecule has 0 aliphatic carbocycles. The number of nitrogens with zero attached hydrogens (tertiary/aromatic N) is 3. The van der Waals surface area contributed by atoms with Gasteiger partial charge < -0.3 is 24.4 Å². The number of hydrogen-bond acceptors (Lipinski definition) is 4. The molecule has 0 aliphatic heterocycles. The smallest absolute Gasteiger partial charge is 0.194 e. The number of aromatic amines is 1. The highest BCUT2D eigenvalue weighted by atomic mass is 16.5. The maximum atomic E-state index is 5.42. The van der Waals surface area contributed by atoms with Crippen molar-refractivity contribution in [1.29, 1.82) is 0 Å². The summed E-state index contributed by atoms with van der Waals surface area (Å²) in [6.07, 6.45) is 5.27. The lowest BCUT2D eigenvalue weighted by molar-refractivity contribution is 0.146. The van der Waals surface area contributed by atoms with Crippen molar-refractivity contribution in [2.45, 2.75) is 26.3 Å². The second kappa shape index (κ2) is 11.8. The fourth-order valence-corrected chi connectivity index (χ4v) is 3.07. The molecule has 0 amide bonds. The van der Waals surface area contributed by atoms with E-state index in [0.29, 0.717) is 13.1 Å². The molecule has 0 radical (unpaired) electrons. The second-order valence-electron chi connectivity index (χ2n) is 6.98. The van der Waals surface area contributed by atoms with Crippen molar-refractivity contribution in [3.8, 4) is 11.3 Å². The van der Waals surface area contributed by atoms with Gasteiger partial charge >= 0.3 is 0 Å². The summed E-state index contributed by atoms with van der Waals surface area (Å²) in [7, 11) is 2.02. The minimum atomic E-state index is 0.630. The van der Waals surface area contributed by atoms with Crippen molar-refractivity contribution in [3.63, 3.8) is 0 Å². The monoisotopic (exact) mass is 409 g/mol. The van der Waals surface area contributed by atoms with Crippen LogP contribution in [0.15, 0.2) is 64.3 Å². The summed E-state index contributed by atoms with van der Waals surface area (Å²) in [4.78, 5) is 14.8. The molecule has 1 aromatic carbocycles. The van der Waals surface area contributed by atoms with Crippen molar-refractivity contribution in [1.82, 2.24) is 20.2 Å². The predicted octanol–water partition coefficient (Wildman–Crippen LogP) is 3.72. The fraction of sp³-hybridized carbons (Fsp3) is 0.391. The number of hydrogen-bond donors (Lipinski definition) is 2. The van der Waals surface area contributed by atoms with E-state index in [9.17, 15) is 0 Å². The van der Waals surface area contributed by atoms with Crippen LogP contribution in [0.3, 0.4) is 0 Å². The Morgan fingerprint density at radius 2 is 2.10 bits per heavy atom. The molecule has 3 aromatic rings. The first kappa shape index (κ1) is 21.6. The first-order valence-electron chi connectivity index (χ1n) is 10.4. The van der Waals surface area contributed by atoms with Gasteiger partial charge in [0.1, 0.15) is 11.6 Å². The SMILES string of the molecule is CCOCCCN=C(NCCc1ccco1)N(C)Cc1ncc(-c2ccccc2)[nH]1. The molecule has 30 heavy (non-hydrogen) atoms. The lowest BCUT2D eigenvalue weighted by atomic mass is 10.2. The molecule has 0 saturated heterocycles. The third-order valence-corrected chi connectivity index (χ3v) is 4.61. The number of aliphatic imine (C=N–C) groups is 1. The van der Waals surface area contributed by atoms with Crippen LogP contribution in [0, 0.1) is 0 Å². The summed E-state index contributed by atoms with van der Waals surface area (Å²) in [6.45, 7) is 5.55. The number of imidazole rings is 1. The molecule has 0 saturated carbocycles. The van der Waals surface area contributed by atoms with E-state index in [0.717, 1.165) is 61.4 Å². The lowest BCUT2D eigenvalue weighted by Crippen LogP contribution is -2.40. The summed E-state index contributed by atoms with van der Waals surface area (Å²) in [5, 5.41) is 3.44. The predicted molar refractivity (Wildman–Crippen MR) is 119 cm³/mol. The van der Waals surface area contributed by atoms with Crippen LogP contribution >= 0.6 is 0 Å². The zero-order valence-corrected chi connectivity index (χ0v) is 17.8. The molecule has 7 nitrogen and oxygen atoms in total. The Morgan fingerprint density at radius 1 is 1.23 bits per heavy atom. The minimum Gasteiger partial charge on any atom is -0.469 e. The summed E-state index contributed by atoms with van der Waals surface area (Å²) in [6, 6.07) is 14.1. The van der Waals surface area contributed by atoms with Crippen molar-refractivity contribution in [2.24, 2.45) is 4.99 Å². The minimum absolute atomic E-state index is 0.630. The molecule has 0 atom stereocenters. The molecule has 160 valence electrons. The molecule has 2 aromatic heterocycles. The van der Waals surface area contributed by atoms with Crippen LogP contribution in [-0.2, 0) is 17.7 Å². The molecular weight excluding hydrogens is 378 g/mol. The highest BCUT2D eigenvalue weighted by molar-refractivity contribution is 5.79. The summed E-state index contributed by atoms with van der Waals surface area (Å²) in [5.74, 6) is 2.70. The number of guanidine groups is 1. The average molecular weight is 410 g/mol. The quantitative estimate of drug-likeness (QED) is 0.287. The third kappa shape index (κ3) is 6.77. The van der Waals surface area contributed by atoms with Crippen LogP contribution < -0.4 is 5.32 Å². The van der Waals surface area contributed by atoms with E-state index in [1.807, 2.05) is 50.5 Å². The van der Waals surface area contributed by atoms with Gasteiger partial charge in [-0.2, -0.15) is 0 Å². The van der Waals surface area contributed by atoms with E-state index >= 15 is 0 Å². The normalized spacial score (nSPS) is 11.6. The van der Waals surface area contributed by atoms with Crippen LogP contribution in [-0.4, -0.2) is 54.2 Å². The van der Waals surface area contributed by atoms with E-state index in [-0.39, 0.29) is 0 Å². The number of benzene rings is 1. The van der Waals surface area contributed by atoms with Gasteiger partial charge in [-0.3, -0.25) is 4.99 Å². The van der Waals surface area contributed by atoms with E-state index in [4.69, 9.17) is 14.1 Å². The summed E-state index contributed by atoms with van der Waals surface area (Å²) in [5.41, 5.74) is 2.14. The molecule has 0 bridgehead atoms. The number of H-pyrrole nitrogens is 1. The van der Waals surface area contributed by atoms with Crippen LogP contribution in [0.25, 0.3) is 11.3 Å². The Balaban J connectivity index is 1.59. The zero-order chi connectivity index (χ0) is 21.0. The third-order valence-electron chi connectivity index (χ3n) is 4.61. The van der Waals surface area contributed by atoms with Crippen molar-refractivity contribution >= 4 is 5.96 Å². The van der Waals surface area contributed by atoms with Crippen molar-refractivity contribution in [2.75, 3.05) is 33.4 Å². The first-order chi connectivity index (χ1) is 14.8. The van der Waals surface area contributed by atoms with Gasteiger partial charge in [0, 0.05) is 39.8 Å². The number of rotatable bonds is 11. The topological polar surface area (TPSA) is 78.7 Å². The van der Waals surface area contributed by atoms with Gasteiger partial charge in [0.15, 0.2) is 5.96 Å². The molecule has 2 N–H and O–H groups in total. The van der Waals surface area contributed by atoms with E-state index in [1.54, 1.807) is 6.26 Å². The Morgan fingerprint density at radius 3 is 2.87 bits per heavy atom. The maximum Gasteiger partial charge on any atom is 0.194 e. The lowest BCUT2D eigenvalue weighted by Gasteiger charge is -2.21. The van der Waals surface area contributed by atoms with Gasteiger partial charge in [0.05, 0.1) is 24.7 Å². The highest BCUT2D eigenvalue weighted by Gasteiger charge is 2.10. The van der Waals surface area contributed by atoms with Gasteiger partial charge in [-0.1, -0.05) is 30.3 Å². The van der Waals surface area contributed by atoms with Crippen molar-refractivity contribution < 1.29 is 9.15 Å². The summed E-state index contributed by atoms with van der Waals surface area (Å²) < 4.78 is 10.8. The summed E-state index contributed by atoms with van der Waals surface area (Å²) >= 11 is 0. The Labute approximate surface area is 178 Å². The van der Waals surface area contributed by atoms with Gasteiger partial charge in [0.2, 0.25) is 0 Å². The fourth-order valence-electron chi connectivity index (χ4n) is 3.07. The van der Waals surface area contributed by atoms with Crippen LogP contribution in [0.1, 0.15) is 24.9 Å². The molecule has 0 spiro atoms. The van der Waals surface area contributed by atoms with Gasteiger partial charge in [0.25, 0.3) is 0 Å². The molecule has 3 rings (SSSR count). The van der Waals surface area contributed by atoms with Crippen molar-refractivity contribution in [3.05, 3.63) is 66.5 Å². The first-order valence-corrected chi connectivity index (χ1v) is 10.4. The second-order valence-corrected chi connectivity index (χ2v) is 6.98. The zero-order valence-electron chi connectivity index (χ0n) is 17.8. The largest absolute Gasteiger partial charge is 0.469 e. The van der Waals surface area contributed by atoms with Gasteiger partial charge in [-0.25, -0.2) is 4.98 Å². The van der Waals surface area contributed by atoms with Crippen LogP contribution in [0.4, 0.5) is 0 Å². The Kier molecular flexibility index (Phi) is 8.53. The van der Waals surface area contributed by atoms with E-state index in [2.05, 4.69) is 32.3 Å². The Bertz CT molecular complexity index is 874. The number of ether oxygens (including phenoxy) is 1. The average Bonchev–Trinajstić information content (AvgIpc) is 3.45. The van der Waals surface area contributed by atoms with Gasteiger partial charge in [-0.05, 0) is 31.0 Å². The highest BCUT2D eigenvalue weighted by Crippen LogP contribution is 2.16. The molecule has 0 aliphatic rings. The van der Waals surface area contributed by atoms with E-state index < -0.39 is 0 Å². The van der Waals surface area contributed by atoms with E-state index in [1.165, 1.54) is 0 Å². The van der Waals surface area contributed by atoms with Gasteiger partial charge in [-0.15, -0.1) is 0 Å². The number of aromatic nitrogens is 2. The van der Waals surface area contributed by atoms with Crippen LogP contribution in [0.2, 0.25) is 0 Å². The molecule has 0 fully saturated rings. The standard InChI is InChI=1S/C23H31N5O2/c1-3-29-15-8-13-24-23(25-14-12-20-11-7-16-30-20)28(2)18-22-26-17-21(27-22)19-9-5-4-6-10-19/h4-7,9-11,16-17H,3,8,12-15,18H2,1-2H3,(H,24,25)(H,26,27). The Hall–Kier alpha value is -3.06. The number of furan rings is 1.